The van der Waals surface area contributed by atoms with Crippen LogP contribution in [0.5, 0.6) is 0 Å². The fourth-order valence-electron chi connectivity index (χ4n) is 7.14. The number of nitrogens with one attached hydrogen (secondary N) is 1. The summed E-state index contributed by atoms with van der Waals surface area (Å²) in [6.07, 6.45) is 1.85. The van der Waals surface area contributed by atoms with E-state index in [2.05, 4.69) is 10.5 Å². The maximum Gasteiger partial charge on any atom is 0.244 e. The smallest absolute Gasteiger partial charge is 0.244 e. The number of rotatable bonds is 5. The third-order valence-electron chi connectivity index (χ3n) is 8.76. The van der Waals surface area contributed by atoms with Gasteiger partial charge < -0.3 is 0 Å². The molecule has 202 valence electrons. The highest BCUT2D eigenvalue weighted by Crippen LogP contribution is 2.63. The van der Waals surface area contributed by atoms with Crippen LogP contribution < -0.4 is 10.3 Å². The molecule has 1 aliphatic heterocycles. The minimum atomic E-state index is -1.05. The lowest BCUT2D eigenvalue weighted by molar-refractivity contribution is -0.123. The van der Waals surface area contributed by atoms with Gasteiger partial charge in [0.25, 0.3) is 0 Å². The maximum atomic E-state index is 14.5. The number of benzene rings is 4. The largest absolute Gasteiger partial charge is 0.274 e. The fourth-order valence-corrected chi connectivity index (χ4v) is 7.30. The zero-order valence-corrected chi connectivity index (χ0v) is 23.0. The van der Waals surface area contributed by atoms with Crippen molar-refractivity contribution < 1.29 is 14.4 Å². The summed E-state index contributed by atoms with van der Waals surface area (Å²) in [6, 6.07) is 30.6. The van der Waals surface area contributed by atoms with Gasteiger partial charge in [0.1, 0.15) is 0 Å². The first-order valence-corrected chi connectivity index (χ1v) is 14.0. The van der Waals surface area contributed by atoms with Gasteiger partial charge in [-0.2, -0.15) is 5.10 Å². The van der Waals surface area contributed by atoms with Crippen molar-refractivity contribution in [3.63, 3.8) is 0 Å². The van der Waals surface area contributed by atoms with E-state index in [-0.39, 0.29) is 30.1 Å². The van der Waals surface area contributed by atoms with Crippen molar-refractivity contribution >= 4 is 41.2 Å². The van der Waals surface area contributed by atoms with Crippen LogP contribution >= 0.6 is 11.6 Å². The summed E-state index contributed by atoms with van der Waals surface area (Å²) in [5, 5.41) is 4.93. The molecule has 0 unspecified atom stereocenters. The summed E-state index contributed by atoms with van der Waals surface area (Å²) >= 11 is 6.33. The van der Waals surface area contributed by atoms with Gasteiger partial charge in [0.2, 0.25) is 17.7 Å². The minimum Gasteiger partial charge on any atom is -0.274 e. The number of hydrogen-bond donors (Lipinski definition) is 1. The van der Waals surface area contributed by atoms with Gasteiger partial charge in [0.15, 0.2) is 0 Å². The summed E-state index contributed by atoms with van der Waals surface area (Å²) < 4.78 is 0. The van der Waals surface area contributed by atoms with Crippen LogP contribution in [0.25, 0.3) is 0 Å². The Morgan fingerprint density at radius 3 is 2.22 bits per heavy atom. The lowest BCUT2D eigenvalue weighted by atomic mass is 9.47. The molecule has 8 rings (SSSR count). The first kappa shape index (κ1) is 25.4. The van der Waals surface area contributed by atoms with Crippen LogP contribution in [-0.2, 0) is 26.2 Å². The molecule has 2 bridgehead atoms. The highest BCUT2D eigenvalue weighted by Gasteiger charge is 2.68. The van der Waals surface area contributed by atoms with Gasteiger partial charge in [0, 0.05) is 17.2 Å². The summed E-state index contributed by atoms with van der Waals surface area (Å²) in [6.45, 7) is 1.87. The van der Waals surface area contributed by atoms with Crippen LogP contribution in [0, 0.1) is 18.8 Å². The predicted molar refractivity (Wildman–Crippen MR) is 158 cm³/mol. The van der Waals surface area contributed by atoms with Gasteiger partial charge in [-0.3, -0.25) is 14.4 Å². The molecule has 0 saturated carbocycles. The first-order valence-electron chi connectivity index (χ1n) is 13.6. The van der Waals surface area contributed by atoms with E-state index in [4.69, 9.17) is 11.6 Å². The molecule has 0 spiro atoms. The molecular formula is C34H26ClN3O3. The lowest BCUT2D eigenvalue weighted by Crippen LogP contribution is -2.54. The highest BCUT2D eigenvalue weighted by molar-refractivity contribution is 6.31. The van der Waals surface area contributed by atoms with Gasteiger partial charge in [0.05, 0.1) is 29.4 Å². The van der Waals surface area contributed by atoms with Crippen LogP contribution in [0.15, 0.2) is 102 Å². The van der Waals surface area contributed by atoms with Crippen LogP contribution in [0.3, 0.4) is 0 Å². The van der Waals surface area contributed by atoms with E-state index >= 15 is 0 Å². The average molecular weight is 560 g/mol. The molecule has 1 heterocycles. The van der Waals surface area contributed by atoms with Gasteiger partial charge in [-0.05, 0) is 52.4 Å². The van der Waals surface area contributed by atoms with Gasteiger partial charge in [-0.25, -0.2) is 10.3 Å². The van der Waals surface area contributed by atoms with Crippen molar-refractivity contribution in [3.05, 3.63) is 135 Å². The molecule has 6 nitrogen and oxygen atoms in total. The zero-order chi connectivity index (χ0) is 28.3. The highest BCUT2D eigenvalue weighted by atomic mass is 35.5. The molecule has 1 fully saturated rings. The molecule has 2 atom stereocenters. The molecule has 4 aromatic rings. The normalized spacial score (nSPS) is 23.9. The second kappa shape index (κ2) is 9.53. The molecule has 7 heteroatoms. The molecular weight excluding hydrogens is 534 g/mol. The Hall–Kier alpha value is -4.55. The van der Waals surface area contributed by atoms with Crippen LogP contribution in [0.4, 0.5) is 5.69 Å². The van der Waals surface area contributed by atoms with E-state index < -0.39 is 17.3 Å². The molecule has 3 amide bonds. The molecule has 4 aromatic carbocycles. The Balaban J connectivity index is 1.38. The molecule has 3 aliphatic carbocycles. The standard InChI is InChI=1S/C34H26ClN3O3/c1-20-15-16-22(35)18-27(20)38-32(40)30-29-23-11-5-7-13-25(23)34(31(30)33(38)41,26-14-8-6-12-24(26)29)19-36-37-28(39)17-21-9-3-2-4-10-21/h2-16,18-19,29-31H,17H2,1H3,(H,37,39)/b36-19-/t29?,30-,31-,34?/m0/s1. The number of carbonyl (C=O) groups excluding carboxylic acids is 3. The fraction of sp³-hybridized carbons (Fsp3) is 0.176. The van der Waals surface area contributed by atoms with Crippen molar-refractivity contribution in [2.75, 3.05) is 4.90 Å². The van der Waals surface area contributed by atoms with Crippen molar-refractivity contribution in [3.8, 4) is 0 Å². The van der Waals surface area contributed by atoms with E-state index in [0.717, 1.165) is 33.4 Å². The van der Waals surface area contributed by atoms with E-state index in [1.807, 2.05) is 91.9 Å². The predicted octanol–water partition coefficient (Wildman–Crippen LogP) is 5.54. The molecule has 0 radical (unpaired) electrons. The number of amides is 3. The van der Waals surface area contributed by atoms with E-state index in [1.54, 1.807) is 18.3 Å². The van der Waals surface area contributed by atoms with Crippen LogP contribution in [-0.4, -0.2) is 23.9 Å². The second-order valence-electron chi connectivity index (χ2n) is 10.9. The van der Waals surface area contributed by atoms with Crippen LogP contribution in [0.2, 0.25) is 5.02 Å². The Morgan fingerprint density at radius 2 is 1.54 bits per heavy atom. The summed E-state index contributed by atoms with van der Waals surface area (Å²) in [5.74, 6) is -2.45. The number of imide groups is 1. The molecule has 1 saturated heterocycles. The Bertz CT molecular complexity index is 1720. The topological polar surface area (TPSA) is 78.8 Å². The number of aryl methyl sites for hydroxylation is 1. The first-order chi connectivity index (χ1) is 19.9. The minimum absolute atomic E-state index is 0.172. The lowest BCUT2D eigenvalue weighted by Gasteiger charge is -2.52. The number of hydrogen-bond acceptors (Lipinski definition) is 4. The maximum absolute atomic E-state index is 14.5. The van der Waals surface area contributed by atoms with Gasteiger partial charge >= 0.3 is 0 Å². The monoisotopic (exact) mass is 559 g/mol. The number of hydrazone groups is 1. The van der Waals surface area contributed by atoms with Gasteiger partial charge in [-0.15, -0.1) is 0 Å². The second-order valence-corrected chi connectivity index (χ2v) is 11.4. The Kier molecular flexibility index (Phi) is 5.91. The third-order valence-corrected chi connectivity index (χ3v) is 9.00. The van der Waals surface area contributed by atoms with E-state index in [9.17, 15) is 14.4 Å². The van der Waals surface area contributed by atoms with Crippen molar-refractivity contribution in [1.29, 1.82) is 0 Å². The Morgan fingerprint density at radius 1 is 0.902 bits per heavy atom. The molecule has 1 N–H and O–H groups in total. The average Bonchev–Trinajstić information content (AvgIpc) is 3.25. The van der Waals surface area contributed by atoms with Crippen molar-refractivity contribution in [1.82, 2.24) is 5.43 Å². The quantitative estimate of drug-likeness (QED) is 0.198. The third kappa shape index (κ3) is 3.71. The summed E-state index contributed by atoms with van der Waals surface area (Å²) in [4.78, 5) is 42.9. The molecule has 0 aromatic heterocycles. The summed E-state index contributed by atoms with van der Waals surface area (Å²) in [5.41, 5.74) is 7.64. The Labute approximate surface area is 242 Å². The zero-order valence-electron chi connectivity index (χ0n) is 22.3. The van der Waals surface area contributed by atoms with Gasteiger partial charge in [-0.1, -0.05) is 96.5 Å². The molecule has 4 aliphatic rings. The number of halogens is 1. The van der Waals surface area contributed by atoms with E-state index in [1.165, 1.54) is 4.90 Å². The van der Waals surface area contributed by atoms with Crippen molar-refractivity contribution in [2.45, 2.75) is 24.7 Å². The molecule has 41 heavy (non-hydrogen) atoms. The number of nitrogens with zero attached hydrogens (tertiary/aromatic N) is 2. The van der Waals surface area contributed by atoms with Crippen molar-refractivity contribution in [2.24, 2.45) is 16.9 Å². The SMILES string of the molecule is Cc1ccc(Cl)cc1N1C(=O)[C@@H]2[C@@H](C1=O)C1c3ccccc3C2(/C=N\NC(=O)Cc2ccccc2)c2ccccc21. The van der Waals surface area contributed by atoms with Crippen LogP contribution in [0.1, 0.15) is 39.3 Å². The number of carbonyl (C=O) groups is 3. The summed E-state index contributed by atoms with van der Waals surface area (Å²) in [7, 11) is 0. The van der Waals surface area contributed by atoms with E-state index in [0.29, 0.717) is 10.7 Å². The number of anilines is 1.